The van der Waals surface area contributed by atoms with Crippen LogP contribution in [-0.2, 0) is 4.79 Å². The van der Waals surface area contributed by atoms with Crippen molar-refractivity contribution in [2.45, 2.75) is 6.04 Å². The number of hydrogen-bond acceptors (Lipinski definition) is 5. The number of fused-ring (bicyclic) bond motifs is 1. The van der Waals surface area contributed by atoms with Crippen molar-refractivity contribution in [1.82, 2.24) is 4.90 Å². The summed E-state index contributed by atoms with van der Waals surface area (Å²) in [6.07, 6.45) is 1.04. The number of benzene rings is 1. The van der Waals surface area contributed by atoms with E-state index in [2.05, 4.69) is 15.2 Å². The highest BCUT2D eigenvalue weighted by atomic mass is 16.2. The molecule has 2 aliphatic heterocycles. The van der Waals surface area contributed by atoms with Crippen molar-refractivity contribution in [2.75, 3.05) is 6.54 Å². The van der Waals surface area contributed by atoms with Gasteiger partial charge in [-0.3, -0.25) is 19.3 Å². The number of nitrogens with zero attached hydrogens (tertiary/aromatic N) is 4. The molecule has 0 spiro atoms. The van der Waals surface area contributed by atoms with Crippen molar-refractivity contribution >= 4 is 24.1 Å². The highest BCUT2D eigenvalue weighted by Crippen LogP contribution is 2.23. The summed E-state index contributed by atoms with van der Waals surface area (Å²) in [6.45, 7) is -0.133. The van der Waals surface area contributed by atoms with Crippen LogP contribution in [0.15, 0.2) is 39.5 Å². The maximum atomic E-state index is 12.1. The molecule has 0 saturated heterocycles. The third-order valence-corrected chi connectivity index (χ3v) is 2.96. The molecule has 1 aromatic carbocycles. The lowest BCUT2D eigenvalue weighted by atomic mass is 10.1. The molecule has 3 amide bonds. The standard InChI is InChI=1S/C12H8N4O3/c17-10-9(15-14-6-13-10)5-16-11(18)7-3-1-2-4-8(7)12(16)19/h1-4,6,9H,5H2. The molecule has 1 aromatic rings. The number of imide groups is 1. The van der Waals surface area contributed by atoms with Crippen molar-refractivity contribution < 1.29 is 14.4 Å². The molecule has 2 aliphatic rings. The number of carbonyl (C=O) groups is 3. The number of azo groups is 1. The number of rotatable bonds is 2. The van der Waals surface area contributed by atoms with Crippen LogP contribution in [0.2, 0.25) is 0 Å². The van der Waals surface area contributed by atoms with E-state index >= 15 is 0 Å². The zero-order valence-corrected chi connectivity index (χ0v) is 9.68. The van der Waals surface area contributed by atoms with Gasteiger partial charge in [0, 0.05) is 0 Å². The summed E-state index contributed by atoms with van der Waals surface area (Å²) in [7, 11) is 0. The second-order valence-electron chi connectivity index (χ2n) is 4.10. The van der Waals surface area contributed by atoms with Crippen LogP contribution >= 0.6 is 0 Å². The molecule has 1 unspecified atom stereocenters. The zero-order chi connectivity index (χ0) is 13.4. The van der Waals surface area contributed by atoms with Gasteiger partial charge in [-0.05, 0) is 12.1 Å². The Labute approximate surface area is 107 Å². The summed E-state index contributed by atoms with van der Waals surface area (Å²) in [6, 6.07) is 5.62. The Bertz CT molecular complexity index is 615. The Balaban J connectivity index is 1.87. The Morgan fingerprint density at radius 3 is 2.26 bits per heavy atom. The van der Waals surface area contributed by atoms with Crippen LogP contribution in [0, 0.1) is 0 Å². The van der Waals surface area contributed by atoms with Gasteiger partial charge in [-0.25, -0.2) is 0 Å². The van der Waals surface area contributed by atoms with Gasteiger partial charge >= 0.3 is 0 Å². The molecule has 3 rings (SSSR count). The first-order chi connectivity index (χ1) is 9.18. The van der Waals surface area contributed by atoms with E-state index in [1.54, 1.807) is 24.3 Å². The Kier molecular flexibility index (Phi) is 2.52. The van der Waals surface area contributed by atoms with Crippen LogP contribution < -0.4 is 0 Å². The zero-order valence-electron chi connectivity index (χ0n) is 9.68. The smallest absolute Gasteiger partial charge is 0.272 e. The highest BCUT2D eigenvalue weighted by Gasteiger charge is 2.38. The van der Waals surface area contributed by atoms with Gasteiger partial charge in [0.1, 0.15) is 6.34 Å². The van der Waals surface area contributed by atoms with E-state index in [1.165, 1.54) is 0 Å². The molecule has 7 nitrogen and oxygen atoms in total. The van der Waals surface area contributed by atoms with Gasteiger partial charge in [-0.1, -0.05) is 12.1 Å². The largest absolute Gasteiger partial charge is 0.275 e. The molecule has 0 N–H and O–H groups in total. The average Bonchev–Trinajstić information content (AvgIpc) is 2.67. The predicted molar refractivity (Wildman–Crippen MR) is 64.0 cm³/mol. The van der Waals surface area contributed by atoms with Crippen LogP contribution in [0.5, 0.6) is 0 Å². The molecule has 0 aromatic heterocycles. The van der Waals surface area contributed by atoms with Crippen molar-refractivity contribution in [3.8, 4) is 0 Å². The molecule has 0 radical (unpaired) electrons. The first-order valence-corrected chi connectivity index (χ1v) is 5.60. The number of hydrogen-bond donors (Lipinski definition) is 0. The molecule has 1 atom stereocenters. The normalized spacial score (nSPS) is 21.2. The molecular formula is C12H8N4O3. The molecular weight excluding hydrogens is 248 g/mol. The number of aliphatic imine (C=N–C) groups is 1. The van der Waals surface area contributed by atoms with Crippen LogP contribution in [0.25, 0.3) is 0 Å². The summed E-state index contributed by atoms with van der Waals surface area (Å²) in [5, 5.41) is 7.20. The second-order valence-corrected chi connectivity index (χ2v) is 4.10. The molecule has 0 fully saturated rings. The molecule has 19 heavy (non-hydrogen) atoms. The van der Waals surface area contributed by atoms with Crippen LogP contribution in [0.4, 0.5) is 0 Å². The Hall–Kier alpha value is -2.70. The minimum absolute atomic E-state index is 0.133. The van der Waals surface area contributed by atoms with Crippen LogP contribution in [0.1, 0.15) is 20.7 Å². The van der Waals surface area contributed by atoms with E-state index in [4.69, 9.17) is 0 Å². The summed E-state index contributed by atoms with van der Waals surface area (Å²) < 4.78 is 0. The summed E-state index contributed by atoms with van der Waals surface area (Å²) in [5.41, 5.74) is 0.687. The first kappa shape index (κ1) is 11.4. The predicted octanol–water partition coefficient (Wildman–Crippen LogP) is 0.672. The molecule has 94 valence electrons. The summed E-state index contributed by atoms with van der Waals surface area (Å²) >= 11 is 0. The fraction of sp³-hybridized carbons (Fsp3) is 0.167. The lowest BCUT2D eigenvalue weighted by molar-refractivity contribution is -0.119. The second kappa shape index (κ2) is 4.20. The van der Waals surface area contributed by atoms with Crippen LogP contribution in [-0.4, -0.2) is 41.5 Å². The van der Waals surface area contributed by atoms with Crippen molar-refractivity contribution in [1.29, 1.82) is 0 Å². The third-order valence-electron chi connectivity index (χ3n) is 2.96. The molecule has 0 aliphatic carbocycles. The van der Waals surface area contributed by atoms with Crippen molar-refractivity contribution in [3.63, 3.8) is 0 Å². The lowest BCUT2D eigenvalue weighted by Crippen LogP contribution is -2.39. The van der Waals surface area contributed by atoms with Gasteiger partial charge in [-0.15, -0.1) is 5.11 Å². The molecule has 0 saturated carbocycles. The van der Waals surface area contributed by atoms with E-state index in [1.807, 2.05) is 0 Å². The van der Waals surface area contributed by atoms with E-state index in [0.29, 0.717) is 11.1 Å². The van der Waals surface area contributed by atoms with Gasteiger partial charge < -0.3 is 0 Å². The minimum atomic E-state index is -0.910. The Morgan fingerprint density at radius 2 is 1.68 bits per heavy atom. The minimum Gasteiger partial charge on any atom is -0.272 e. The van der Waals surface area contributed by atoms with E-state index in [0.717, 1.165) is 11.2 Å². The lowest BCUT2D eigenvalue weighted by Gasteiger charge is -2.17. The number of amides is 3. The SMILES string of the molecule is O=C1N=CN=NC1CN1C(=O)c2ccccc2C1=O. The van der Waals surface area contributed by atoms with Gasteiger partial charge in [-0.2, -0.15) is 10.1 Å². The summed E-state index contributed by atoms with van der Waals surface area (Å²) in [5.74, 6) is -1.34. The first-order valence-electron chi connectivity index (χ1n) is 5.60. The van der Waals surface area contributed by atoms with Crippen molar-refractivity contribution in [2.24, 2.45) is 15.2 Å². The maximum absolute atomic E-state index is 12.1. The highest BCUT2D eigenvalue weighted by molar-refractivity contribution is 6.21. The third kappa shape index (κ3) is 1.75. The van der Waals surface area contributed by atoms with Crippen molar-refractivity contribution in [3.05, 3.63) is 35.4 Å². The molecule has 2 heterocycles. The van der Waals surface area contributed by atoms with E-state index in [9.17, 15) is 14.4 Å². The molecule has 7 heteroatoms. The van der Waals surface area contributed by atoms with Gasteiger partial charge in [0.25, 0.3) is 17.7 Å². The van der Waals surface area contributed by atoms with Crippen LogP contribution in [0.3, 0.4) is 0 Å². The van der Waals surface area contributed by atoms with Gasteiger partial charge in [0.05, 0.1) is 17.7 Å². The number of carbonyl (C=O) groups excluding carboxylic acids is 3. The maximum Gasteiger partial charge on any atom is 0.275 e. The van der Waals surface area contributed by atoms with E-state index < -0.39 is 23.8 Å². The summed E-state index contributed by atoms with van der Waals surface area (Å²) in [4.78, 5) is 40.1. The van der Waals surface area contributed by atoms with Gasteiger partial charge in [0.15, 0.2) is 6.04 Å². The monoisotopic (exact) mass is 256 g/mol. The van der Waals surface area contributed by atoms with Gasteiger partial charge in [0.2, 0.25) is 0 Å². The average molecular weight is 256 g/mol. The van der Waals surface area contributed by atoms with E-state index in [-0.39, 0.29) is 6.54 Å². The fourth-order valence-electron chi connectivity index (χ4n) is 2.02. The molecule has 0 bridgehead atoms. The Morgan fingerprint density at radius 1 is 1.05 bits per heavy atom. The fourth-order valence-corrected chi connectivity index (χ4v) is 2.02. The quantitative estimate of drug-likeness (QED) is 0.728. The topological polar surface area (TPSA) is 91.5 Å².